The number of fused-ring (bicyclic) bond motifs is 4. The summed E-state index contributed by atoms with van der Waals surface area (Å²) < 4.78 is 44.4. The first-order valence-corrected chi connectivity index (χ1v) is 28.8. The highest BCUT2D eigenvalue weighted by molar-refractivity contribution is 7.10. The molecule has 3 aromatic heterocycles. The number of nitrogens with zero attached hydrogens (tertiary/aromatic N) is 6. The van der Waals surface area contributed by atoms with Crippen LogP contribution in [-0.2, 0) is 60.5 Å². The van der Waals surface area contributed by atoms with E-state index in [9.17, 15) is 9.59 Å². The molecule has 1 aromatic carbocycles. The number of methoxy groups -OCH3 is 1. The Morgan fingerprint density at radius 1 is 1.01 bits per heavy atom. The predicted molar refractivity (Wildman–Crippen MR) is 290 cm³/mol. The number of hydrogen-bond acceptors (Lipinski definition) is 16. The molecular formula is C58H76N8O10S. The lowest BCUT2D eigenvalue weighted by atomic mass is 9.73. The van der Waals surface area contributed by atoms with Crippen LogP contribution >= 0.6 is 11.3 Å². The third-order valence-corrected chi connectivity index (χ3v) is 17.9. The Labute approximate surface area is 456 Å². The fourth-order valence-corrected chi connectivity index (χ4v) is 13.1. The molecule has 2 N–H and O–H groups in total. The average Bonchev–Trinajstić information content (AvgIpc) is 4.09. The van der Waals surface area contributed by atoms with Crippen LogP contribution in [-0.4, -0.2) is 183 Å². The first-order chi connectivity index (χ1) is 37.3. The summed E-state index contributed by atoms with van der Waals surface area (Å²) in [6.45, 7) is 19.4. The number of esters is 1. The van der Waals surface area contributed by atoms with Crippen LogP contribution in [0, 0.1) is 29.1 Å². The zero-order chi connectivity index (χ0) is 53.4. The van der Waals surface area contributed by atoms with Gasteiger partial charge in [-0.1, -0.05) is 38.7 Å². The Morgan fingerprint density at radius 3 is 2.49 bits per heavy atom. The maximum atomic E-state index is 15.4. The zero-order valence-electron chi connectivity index (χ0n) is 45.6. The van der Waals surface area contributed by atoms with Crippen LogP contribution in [0.4, 0.5) is 0 Å². The van der Waals surface area contributed by atoms with E-state index in [0.717, 1.165) is 81.2 Å². The van der Waals surface area contributed by atoms with Crippen molar-refractivity contribution in [2.45, 2.75) is 122 Å². The zero-order valence-corrected chi connectivity index (χ0v) is 46.4. The van der Waals surface area contributed by atoms with Gasteiger partial charge in [0, 0.05) is 116 Å². The van der Waals surface area contributed by atoms with Crippen LogP contribution in [0.25, 0.3) is 33.4 Å². The summed E-state index contributed by atoms with van der Waals surface area (Å²) >= 11 is 1.50. The minimum atomic E-state index is -1.02. The van der Waals surface area contributed by atoms with Gasteiger partial charge in [-0.05, 0) is 75.6 Å². The Kier molecular flexibility index (Phi) is 16.5. The van der Waals surface area contributed by atoms with E-state index in [4.69, 9.17) is 43.1 Å². The van der Waals surface area contributed by atoms with Gasteiger partial charge in [0.1, 0.15) is 23.2 Å². The van der Waals surface area contributed by atoms with Crippen molar-refractivity contribution in [2.75, 3.05) is 99.3 Å². The lowest BCUT2D eigenvalue weighted by Crippen LogP contribution is -2.72. The highest BCUT2D eigenvalue weighted by Crippen LogP contribution is 2.44. The Bertz CT molecular complexity index is 2840. The number of amides is 2. The summed E-state index contributed by atoms with van der Waals surface area (Å²) in [5, 5.41) is 8.64. The van der Waals surface area contributed by atoms with Crippen molar-refractivity contribution in [1.29, 1.82) is 0 Å². The fraction of sp³-hybridized carbons (Fsp3) is 0.638. The molecule has 1 aliphatic carbocycles. The largest absolute Gasteiger partial charge is 0.464 e. The molecule has 10 heterocycles. The van der Waals surface area contributed by atoms with Gasteiger partial charge < -0.3 is 43.0 Å². The molecule has 4 aromatic rings. The van der Waals surface area contributed by atoms with Crippen LogP contribution < -0.4 is 10.7 Å². The number of nitrogens with one attached hydrogen (secondary N) is 2. The molecule has 7 atom stereocenters. The number of cyclic esters (lactones) is 1. The monoisotopic (exact) mass is 1080 g/mol. The summed E-state index contributed by atoms with van der Waals surface area (Å²) in [6.07, 6.45) is 4.43. The molecule has 0 unspecified atom stereocenters. The Hall–Kier alpha value is -4.85. The third-order valence-electron chi connectivity index (χ3n) is 16.9. The molecule has 2 amide bonds. The third kappa shape index (κ3) is 11.6. The van der Waals surface area contributed by atoms with Crippen LogP contribution in [0.5, 0.6) is 0 Å². The fourth-order valence-electron chi connectivity index (χ4n) is 12.1. The molecule has 1 saturated carbocycles. The molecule has 19 heteroatoms. The molecule has 8 bridgehead atoms. The predicted octanol–water partition coefficient (Wildman–Crippen LogP) is 5.36. The van der Waals surface area contributed by atoms with Crippen LogP contribution in [0.1, 0.15) is 94.2 Å². The van der Waals surface area contributed by atoms with Crippen molar-refractivity contribution in [3.63, 3.8) is 0 Å². The molecule has 7 aliphatic heterocycles. The maximum absolute atomic E-state index is 15.4. The topological polar surface area (TPSA) is 180 Å². The quantitative estimate of drug-likeness (QED) is 0.137. The van der Waals surface area contributed by atoms with E-state index in [1.54, 1.807) is 12.1 Å². The minimum absolute atomic E-state index is 0.000440. The van der Waals surface area contributed by atoms with Gasteiger partial charge in [-0.25, -0.2) is 10.4 Å². The van der Waals surface area contributed by atoms with Gasteiger partial charge >= 0.3 is 5.97 Å². The Balaban J connectivity index is 1.07. The second-order valence-corrected chi connectivity index (χ2v) is 23.9. The van der Waals surface area contributed by atoms with E-state index in [1.165, 1.54) is 11.3 Å². The molecule has 77 heavy (non-hydrogen) atoms. The lowest BCUT2D eigenvalue weighted by molar-refractivity contribution is -0.173. The second kappa shape index (κ2) is 23.5. The number of aromatic nitrogens is 3. The summed E-state index contributed by atoms with van der Waals surface area (Å²) in [6, 6.07) is 6.83. The molecule has 12 rings (SSSR count). The van der Waals surface area contributed by atoms with Gasteiger partial charge in [0.25, 0.3) is 5.91 Å². The summed E-state index contributed by atoms with van der Waals surface area (Å²) in [7, 11) is 1.71. The van der Waals surface area contributed by atoms with Gasteiger partial charge in [-0.3, -0.25) is 34.2 Å². The molecule has 414 valence electrons. The minimum Gasteiger partial charge on any atom is -0.464 e. The molecule has 8 aliphatic rings. The van der Waals surface area contributed by atoms with Gasteiger partial charge in [0.15, 0.2) is 0 Å². The number of carbonyl (C=O) groups is 3. The van der Waals surface area contributed by atoms with Crippen LogP contribution in [0.15, 0.2) is 35.8 Å². The Morgan fingerprint density at radius 2 is 1.77 bits per heavy atom. The van der Waals surface area contributed by atoms with Crippen LogP contribution in [0.2, 0.25) is 0 Å². The molecule has 7 fully saturated rings. The normalized spacial score (nSPS) is 28.1. The summed E-state index contributed by atoms with van der Waals surface area (Å²) in [5.74, 6) is 5.45. The van der Waals surface area contributed by atoms with Crippen molar-refractivity contribution in [3.05, 3.63) is 57.7 Å². The van der Waals surface area contributed by atoms with E-state index < -0.39 is 35.5 Å². The number of benzene rings is 1. The smallest absolute Gasteiger partial charge is 0.325 e. The number of morpholine rings is 2. The number of rotatable bonds is 12. The first kappa shape index (κ1) is 54.1. The number of ether oxygens (including phenoxy) is 7. The highest BCUT2D eigenvalue weighted by Gasteiger charge is 2.53. The van der Waals surface area contributed by atoms with E-state index in [2.05, 4.69) is 87.4 Å². The maximum Gasteiger partial charge on any atom is 0.325 e. The van der Waals surface area contributed by atoms with Crippen molar-refractivity contribution in [3.8, 4) is 34.4 Å². The molecular weight excluding hydrogens is 1000 g/mol. The second-order valence-electron chi connectivity index (χ2n) is 23.0. The number of thiazole rings is 1. The van der Waals surface area contributed by atoms with Gasteiger partial charge in [0.05, 0.1) is 87.5 Å². The molecule has 0 spiro atoms. The van der Waals surface area contributed by atoms with E-state index >= 15 is 4.79 Å². The number of hydrogen-bond donors (Lipinski definition) is 2. The van der Waals surface area contributed by atoms with Crippen molar-refractivity contribution < 1.29 is 47.5 Å². The molecule has 18 nitrogen and oxygen atoms in total. The van der Waals surface area contributed by atoms with Crippen molar-refractivity contribution in [1.82, 2.24) is 40.1 Å². The SMILES string of the molecule is CO[C@@H](C)c1ncc(C#C[C@@H](C)N2CCOCC2)cc1-c1c2c3cc(ccc3n1CCOC1CCOCC1)-c1csc(n1)[C@@H](CN1CCOCC1)[C@H](NC(=O)[C@H]1OC[C@@H]1C)C(=O)N1N[C@H](C(=O)OCC(C)(C)C2)C2CC1C2. The number of carbonyl (C=O) groups excluding carboxylic acids is 3. The molecule has 0 radical (unpaired) electrons. The average molecular weight is 1080 g/mol. The number of hydrazine groups is 1. The van der Waals surface area contributed by atoms with Gasteiger partial charge in [0.2, 0.25) is 5.91 Å². The number of pyridine rings is 1. The van der Waals surface area contributed by atoms with Crippen molar-refractivity contribution in [2.24, 2.45) is 17.3 Å². The van der Waals surface area contributed by atoms with Gasteiger partial charge in [-0.15, -0.1) is 11.3 Å². The van der Waals surface area contributed by atoms with Crippen molar-refractivity contribution >= 4 is 40.0 Å². The first-order valence-electron chi connectivity index (χ1n) is 28.0. The lowest BCUT2D eigenvalue weighted by Gasteiger charge is -2.53. The standard InChI is InChI=1S/C58H76N8O10S/c1-35-32-75-53(35)54(67)61-51-46(31-63-13-20-72-21-14-63)55-60-47(33-77-55)39-9-10-48-43(28-39)45(29-58(4,5)34-76-57(69)50-40-26-41(27-40)66(62-50)56(51)68)52(65(48)17-24-74-42-11-18-71-19-12-42)44-25-38(30-59-49(44)37(3)70-6)8-7-36(2)64-15-22-73-23-16-64/h9-10,25,28,30,33,35-37,40-42,46,50-51,53,62H,11-24,26-27,29,31-32,34H2,1-6H3,(H,61,67)/t35-,36+,37-,40?,41?,46-,50-,51-,53-/m0/s1. The highest BCUT2D eigenvalue weighted by atomic mass is 32.1. The van der Waals surface area contributed by atoms with E-state index in [-0.39, 0.29) is 54.5 Å². The van der Waals surface area contributed by atoms with Gasteiger partial charge in [-0.2, -0.15) is 0 Å². The summed E-state index contributed by atoms with van der Waals surface area (Å²) in [5.41, 5.74) is 9.99. The van der Waals surface area contributed by atoms with E-state index in [1.807, 2.05) is 20.0 Å². The summed E-state index contributed by atoms with van der Waals surface area (Å²) in [4.78, 5) is 59.3. The van der Waals surface area contributed by atoms with Crippen LogP contribution in [0.3, 0.4) is 0 Å². The van der Waals surface area contributed by atoms with E-state index in [0.29, 0.717) is 98.3 Å². The molecule has 6 saturated heterocycles.